The van der Waals surface area contributed by atoms with Crippen LogP contribution in [0.25, 0.3) is 0 Å². The van der Waals surface area contributed by atoms with Gasteiger partial charge in [-0.05, 0) is 42.5 Å². The van der Waals surface area contributed by atoms with E-state index in [1.54, 1.807) is 56.7 Å². The van der Waals surface area contributed by atoms with Gasteiger partial charge in [0.15, 0.2) is 12.4 Å². The molecule has 1 amide bonds. The molecule has 3 aromatic rings. The zero-order chi connectivity index (χ0) is 20.6. The van der Waals surface area contributed by atoms with Gasteiger partial charge in [-0.1, -0.05) is 30.3 Å². The Hall–Kier alpha value is -3.54. The van der Waals surface area contributed by atoms with E-state index in [9.17, 15) is 9.18 Å². The lowest BCUT2D eigenvalue weighted by molar-refractivity contribution is -0.119. The summed E-state index contributed by atoms with van der Waals surface area (Å²) in [5.41, 5.74) is 1.15. The number of nitrogens with zero attached hydrogens (tertiary/aromatic N) is 1. The fraction of sp³-hybridized carbons (Fsp3) is 0.174. The van der Waals surface area contributed by atoms with Gasteiger partial charge in [-0.15, -0.1) is 0 Å². The molecule has 0 spiro atoms. The highest BCUT2D eigenvalue weighted by Gasteiger charge is 2.22. The van der Waals surface area contributed by atoms with E-state index >= 15 is 0 Å². The van der Waals surface area contributed by atoms with Gasteiger partial charge in [0.2, 0.25) is 0 Å². The number of ether oxygens (including phenoxy) is 3. The van der Waals surface area contributed by atoms with Gasteiger partial charge in [-0.2, -0.15) is 0 Å². The number of carbonyl (C=O) groups is 1. The van der Waals surface area contributed by atoms with Crippen molar-refractivity contribution in [3.05, 3.63) is 78.4 Å². The number of anilines is 1. The first-order chi connectivity index (χ1) is 14.2. The number of carbonyl (C=O) groups excluding carboxylic acids is 1. The Morgan fingerprint density at radius 3 is 2.28 bits per heavy atom. The quantitative estimate of drug-likeness (QED) is 0.540. The van der Waals surface area contributed by atoms with Crippen molar-refractivity contribution in [3.8, 4) is 23.0 Å². The van der Waals surface area contributed by atoms with Crippen LogP contribution in [0.4, 0.5) is 10.1 Å². The maximum absolute atomic E-state index is 13.4. The summed E-state index contributed by atoms with van der Waals surface area (Å²) in [6.07, 6.45) is 0. The third-order valence-corrected chi connectivity index (χ3v) is 4.36. The summed E-state index contributed by atoms with van der Waals surface area (Å²) >= 11 is 0. The molecule has 29 heavy (non-hydrogen) atoms. The molecule has 0 saturated heterocycles. The van der Waals surface area contributed by atoms with Gasteiger partial charge < -0.3 is 19.1 Å². The van der Waals surface area contributed by atoms with Crippen LogP contribution in [0.5, 0.6) is 23.0 Å². The molecule has 0 N–H and O–H groups in total. The third kappa shape index (κ3) is 4.85. The monoisotopic (exact) mass is 394 g/mol. The smallest absolute Gasteiger partial charge is 0.258 e. The molecule has 0 fully saturated rings. The van der Waals surface area contributed by atoms with E-state index < -0.39 is 12.6 Å². The second-order valence-corrected chi connectivity index (χ2v) is 6.17. The molecule has 3 aromatic carbocycles. The van der Waals surface area contributed by atoms with E-state index in [2.05, 4.69) is 0 Å². The highest BCUT2D eigenvalue weighted by Crippen LogP contribution is 2.35. The maximum Gasteiger partial charge on any atom is 0.258 e. The van der Waals surface area contributed by atoms with Gasteiger partial charge in [0.1, 0.15) is 17.2 Å². The first-order valence-corrected chi connectivity index (χ1v) is 9.05. The molecular weight excluding hydrogens is 372 g/mol. The van der Waals surface area contributed by atoms with E-state index in [0.29, 0.717) is 34.2 Å². The molecule has 0 aromatic heterocycles. The SMILES string of the molecule is COc1ccc(OC)c(CN(C(=O)C[18F])c2ccccc2Oc2ccccc2)c1. The molecule has 3 rings (SSSR count). The van der Waals surface area contributed by atoms with Gasteiger partial charge in [-0.25, -0.2) is 4.39 Å². The summed E-state index contributed by atoms with van der Waals surface area (Å²) in [6, 6.07) is 21.5. The van der Waals surface area contributed by atoms with Crippen molar-refractivity contribution in [2.75, 3.05) is 25.8 Å². The van der Waals surface area contributed by atoms with Crippen molar-refractivity contribution in [3.63, 3.8) is 0 Å². The largest absolute Gasteiger partial charge is 0.497 e. The number of halogens is 1. The Morgan fingerprint density at radius 2 is 1.59 bits per heavy atom. The predicted octanol–water partition coefficient (Wildman–Crippen LogP) is 5.00. The molecule has 0 aliphatic heterocycles. The number of hydrogen-bond acceptors (Lipinski definition) is 4. The van der Waals surface area contributed by atoms with Gasteiger partial charge in [0.25, 0.3) is 5.91 Å². The van der Waals surface area contributed by atoms with Crippen LogP contribution in [-0.2, 0) is 11.3 Å². The zero-order valence-corrected chi connectivity index (χ0v) is 16.3. The minimum absolute atomic E-state index is 0.0955. The Bertz CT molecular complexity index is 962. The molecule has 0 radical (unpaired) electrons. The standard InChI is InChI=1S/C23H22FNO4/c1-27-19-12-13-21(28-2)17(14-19)16-25(23(26)15-24)20-10-6-7-11-22(20)29-18-8-4-3-5-9-18/h3-14H,15-16H2,1-2H3/i24-1. The highest BCUT2D eigenvalue weighted by molar-refractivity contribution is 5.95. The number of methoxy groups -OCH3 is 2. The van der Waals surface area contributed by atoms with E-state index in [-0.39, 0.29) is 6.54 Å². The topological polar surface area (TPSA) is 48.0 Å². The molecule has 0 saturated carbocycles. The van der Waals surface area contributed by atoms with Crippen LogP contribution in [0.3, 0.4) is 0 Å². The summed E-state index contributed by atoms with van der Waals surface area (Å²) in [5, 5.41) is 0. The second-order valence-electron chi connectivity index (χ2n) is 6.17. The normalized spacial score (nSPS) is 10.3. The van der Waals surface area contributed by atoms with Crippen molar-refractivity contribution in [2.45, 2.75) is 6.54 Å². The molecule has 0 heterocycles. The molecule has 5 nitrogen and oxygen atoms in total. The van der Waals surface area contributed by atoms with E-state index in [4.69, 9.17) is 14.2 Å². The van der Waals surface area contributed by atoms with Gasteiger partial charge in [0.05, 0.1) is 26.5 Å². The minimum atomic E-state index is -1.13. The summed E-state index contributed by atoms with van der Waals surface area (Å²) in [5.74, 6) is 1.57. The minimum Gasteiger partial charge on any atom is -0.497 e. The van der Waals surface area contributed by atoms with Gasteiger partial charge >= 0.3 is 0 Å². The number of para-hydroxylation sites is 3. The van der Waals surface area contributed by atoms with Crippen molar-refractivity contribution >= 4 is 11.6 Å². The molecule has 0 aliphatic rings. The van der Waals surface area contributed by atoms with Gasteiger partial charge in [0, 0.05) is 5.56 Å². The molecule has 0 aliphatic carbocycles. The molecular formula is C23H22FNO4. The van der Waals surface area contributed by atoms with Crippen LogP contribution in [-0.4, -0.2) is 26.8 Å². The summed E-state index contributed by atoms with van der Waals surface area (Å²) in [7, 11) is 3.10. The average molecular weight is 394 g/mol. The Balaban J connectivity index is 2.00. The number of benzene rings is 3. The lowest BCUT2D eigenvalue weighted by Crippen LogP contribution is -2.32. The third-order valence-electron chi connectivity index (χ3n) is 4.36. The lowest BCUT2D eigenvalue weighted by atomic mass is 10.1. The highest BCUT2D eigenvalue weighted by atomic mass is 18.2. The van der Waals surface area contributed by atoms with E-state index in [1.165, 1.54) is 4.90 Å². The summed E-state index contributed by atoms with van der Waals surface area (Å²) in [6.45, 7) is -1.04. The van der Waals surface area contributed by atoms with Crippen LogP contribution in [0, 0.1) is 0 Å². The lowest BCUT2D eigenvalue weighted by Gasteiger charge is -2.25. The summed E-state index contributed by atoms with van der Waals surface area (Å²) in [4.78, 5) is 13.8. The maximum atomic E-state index is 13.4. The number of alkyl halides is 1. The van der Waals surface area contributed by atoms with Crippen molar-refractivity contribution in [2.24, 2.45) is 0 Å². The Labute approximate surface area is 169 Å². The molecule has 0 unspecified atom stereocenters. The predicted molar refractivity (Wildman–Crippen MR) is 110 cm³/mol. The van der Waals surface area contributed by atoms with Crippen molar-refractivity contribution < 1.29 is 23.4 Å². The first-order valence-electron chi connectivity index (χ1n) is 9.05. The van der Waals surface area contributed by atoms with Crippen LogP contribution < -0.4 is 19.1 Å². The van der Waals surface area contributed by atoms with Crippen LogP contribution >= 0.6 is 0 Å². The number of amides is 1. The molecule has 0 atom stereocenters. The van der Waals surface area contributed by atoms with Crippen LogP contribution in [0.2, 0.25) is 0 Å². The Kier molecular flexibility index (Phi) is 6.68. The number of hydrogen-bond donors (Lipinski definition) is 0. The van der Waals surface area contributed by atoms with Crippen molar-refractivity contribution in [1.29, 1.82) is 0 Å². The number of rotatable bonds is 8. The first kappa shape index (κ1) is 20.2. The Morgan fingerprint density at radius 1 is 0.862 bits per heavy atom. The average Bonchev–Trinajstić information content (AvgIpc) is 2.78. The fourth-order valence-electron chi connectivity index (χ4n) is 2.94. The van der Waals surface area contributed by atoms with Gasteiger partial charge in [-0.3, -0.25) is 4.79 Å². The molecule has 6 heteroatoms. The van der Waals surface area contributed by atoms with E-state index in [0.717, 1.165) is 0 Å². The molecule has 150 valence electrons. The molecule has 0 bridgehead atoms. The van der Waals surface area contributed by atoms with Crippen LogP contribution in [0.15, 0.2) is 72.8 Å². The van der Waals surface area contributed by atoms with Crippen LogP contribution in [0.1, 0.15) is 5.56 Å². The zero-order valence-electron chi connectivity index (χ0n) is 16.3. The van der Waals surface area contributed by atoms with Crippen molar-refractivity contribution in [1.82, 2.24) is 0 Å². The second kappa shape index (κ2) is 9.59. The van der Waals surface area contributed by atoms with E-state index in [1.807, 2.05) is 30.3 Å². The fourth-order valence-corrected chi connectivity index (χ4v) is 2.94. The summed E-state index contributed by atoms with van der Waals surface area (Å²) < 4.78 is 30.1.